The van der Waals surface area contributed by atoms with Gasteiger partial charge in [-0.2, -0.15) is 0 Å². The van der Waals surface area contributed by atoms with E-state index in [0.717, 1.165) is 64.9 Å². The van der Waals surface area contributed by atoms with Gasteiger partial charge in [-0.15, -0.1) is 0 Å². The lowest BCUT2D eigenvalue weighted by Gasteiger charge is -2.30. The highest BCUT2D eigenvalue weighted by molar-refractivity contribution is 7.90. The largest absolute Gasteiger partial charge is 0.366 e. The van der Waals surface area contributed by atoms with Gasteiger partial charge in [0.15, 0.2) is 5.65 Å². The molecule has 1 aliphatic heterocycles. The van der Waals surface area contributed by atoms with Crippen LogP contribution in [0.4, 0.5) is 0 Å². The molecule has 0 atom stereocenters. The number of hydrogen-bond donors (Lipinski definition) is 1. The Morgan fingerprint density at radius 3 is 2.23 bits per heavy atom. The second-order valence-electron chi connectivity index (χ2n) is 12.2. The van der Waals surface area contributed by atoms with Crippen molar-refractivity contribution in [3.8, 4) is 22.3 Å². The molecule has 0 bridgehead atoms. The van der Waals surface area contributed by atoms with Crippen LogP contribution in [0.15, 0.2) is 78.0 Å². The Bertz CT molecular complexity index is 2020. The van der Waals surface area contributed by atoms with E-state index in [-0.39, 0.29) is 4.90 Å². The van der Waals surface area contributed by atoms with Gasteiger partial charge in [0.25, 0.3) is 10.0 Å². The average molecular weight is 607 g/mol. The number of rotatable bonds is 6. The van der Waals surface area contributed by atoms with E-state index in [2.05, 4.69) is 37.1 Å². The van der Waals surface area contributed by atoms with Crippen LogP contribution in [0.5, 0.6) is 0 Å². The summed E-state index contributed by atoms with van der Waals surface area (Å²) in [6.45, 7) is 10.1. The zero-order valence-electron chi connectivity index (χ0n) is 25.9. The molecule has 7 nitrogen and oxygen atoms in total. The smallest absolute Gasteiger partial charge is 0.269 e. The first-order chi connectivity index (χ1) is 21.0. The van der Waals surface area contributed by atoms with Crippen LogP contribution in [0.25, 0.3) is 33.3 Å². The van der Waals surface area contributed by atoms with Crippen molar-refractivity contribution in [1.29, 1.82) is 0 Å². The van der Waals surface area contributed by atoms with Gasteiger partial charge in [-0.3, -0.25) is 4.79 Å². The number of primary amides is 1. The molecular weight excluding hydrogens is 568 g/mol. The number of likely N-dealkylation sites (tertiary alicyclic amines) is 1. The van der Waals surface area contributed by atoms with E-state index >= 15 is 0 Å². The summed E-state index contributed by atoms with van der Waals surface area (Å²) in [4.78, 5) is 19.4. The quantitative estimate of drug-likeness (QED) is 0.231. The molecule has 8 heteroatoms. The van der Waals surface area contributed by atoms with Crippen LogP contribution in [0.2, 0.25) is 0 Å². The van der Waals surface area contributed by atoms with Crippen molar-refractivity contribution in [1.82, 2.24) is 13.9 Å². The number of pyridine rings is 1. The molecule has 1 amide bonds. The molecule has 5 aromatic rings. The highest BCUT2D eigenvalue weighted by Gasteiger charge is 2.25. The summed E-state index contributed by atoms with van der Waals surface area (Å²) in [5.74, 6) is 0.0626. The molecule has 1 aliphatic rings. The summed E-state index contributed by atoms with van der Waals surface area (Å²) in [6.07, 6.45) is 5.72. The Hall–Kier alpha value is -4.27. The Balaban J connectivity index is 1.52. The maximum Gasteiger partial charge on any atom is 0.269 e. The molecule has 44 heavy (non-hydrogen) atoms. The molecule has 0 unspecified atom stereocenters. The maximum atomic E-state index is 14.0. The van der Waals surface area contributed by atoms with Crippen LogP contribution in [0.3, 0.4) is 0 Å². The molecule has 2 aromatic heterocycles. The van der Waals surface area contributed by atoms with Crippen molar-refractivity contribution in [3.63, 3.8) is 0 Å². The fourth-order valence-electron chi connectivity index (χ4n) is 6.47. The number of nitrogens with zero attached hydrogens (tertiary/aromatic N) is 3. The fourth-order valence-corrected chi connectivity index (χ4v) is 7.80. The van der Waals surface area contributed by atoms with Crippen LogP contribution < -0.4 is 5.73 Å². The number of benzene rings is 3. The van der Waals surface area contributed by atoms with Crippen molar-refractivity contribution in [3.05, 3.63) is 106 Å². The van der Waals surface area contributed by atoms with Gasteiger partial charge in [-0.25, -0.2) is 17.4 Å². The Labute approximate surface area is 259 Å². The third-order valence-corrected chi connectivity index (χ3v) is 11.0. The van der Waals surface area contributed by atoms with Gasteiger partial charge in [0, 0.05) is 34.5 Å². The number of piperidine rings is 1. The van der Waals surface area contributed by atoms with Gasteiger partial charge < -0.3 is 10.6 Å². The number of aryl methyl sites for hydroxylation is 2. The molecule has 226 valence electrons. The molecule has 1 saturated heterocycles. The van der Waals surface area contributed by atoms with Gasteiger partial charge in [0.1, 0.15) is 0 Å². The summed E-state index contributed by atoms with van der Waals surface area (Å²) in [6, 6.07) is 19.0. The average Bonchev–Trinajstić information content (AvgIpc) is 3.38. The van der Waals surface area contributed by atoms with E-state index in [0.29, 0.717) is 22.5 Å². The standard InChI is InChI=1S/C36H38N4O3S/c1-22-6-9-29(10-7-22)44(42,43)40-21-34(31-12-13-32(35(37)41)25(4)24(31)3)33-19-28(20-38-36(33)40)27-8-11-30(23(2)18-27)26-14-16-39(5)17-15-26/h6-13,18-21,26H,14-17H2,1-5H3,(H2,37,41). The first-order valence-electron chi connectivity index (χ1n) is 15.0. The summed E-state index contributed by atoms with van der Waals surface area (Å²) in [5.41, 5.74) is 15.2. The van der Waals surface area contributed by atoms with E-state index in [9.17, 15) is 13.2 Å². The molecule has 6 rings (SSSR count). The lowest BCUT2D eigenvalue weighted by Crippen LogP contribution is -2.29. The minimum absolute atomic E-state index is 0.189. The molecule has 0 radical (unpaired) electrons. The van der Waals surface area contributed by atoms with Crippen molar-refractivity contribution in [2.45, 2.75) is 51.3 Å². The summed E-state index contributed by atoms with van der Waals surface area (Å²) < 4.78 is 29.2. The number of carbonyl (C=O) groups is 1. The molecular formula is C36H38N4O3S. The number of carbonyl (C=O) groups excluding carboxylic acids is 1. The topological polar surface area (TPSA) is 98.3 Å². The van der Waals surface area contributed by atoms with E-state index in [1.807, 2.05) is 32.9 Å². The van der Waals surface area contributed by atoms with Crippen LogP contribution in [-0.2, 0) is 10.0 Å². The van der Waals surface area contributed by atoms with Gasteiger partial charge in [0.05, 0.1) is 4.90 Å². The molecule has 1 fully saturated rings. The van der Waals surface area contributed by atoms with E-state index in [4.69, 9.17) is 10.7 Å². The van der Waals surface area contributed by atoms with E-state index in [1.165, 1.54) is 15.1 Å². The van der Waals surface area contributed by atoms with Crippen LogP contribution >= 0.6 is 0 Å². The lowest BCUT2D eigenvalue weighted by atomic mass is 9.86. The van der Waals surface area contributed by atoms with Gasteiger partial charge in [-0.05, 0) is 124 Å². The second-order valence-corrected chi connectivity index (χ2v) is 14.0. The number of aromatic nitrogens is 2. The molecule has 3 aromatic carbocycles. The minimum Gasteiger partial charge on any atom is -0.366 e. The number of amides is 1. The summed E-state index contributed by atoms with van der Waals surface area (Å²) >= 11 is 0. The van der Waals surface area contributed by atoms with Crippen LogP contribution in [0, 0.1) is 27.7 Å². The predicted molar refractivity (Wildman–Crippen MR) is 177 cm³/mol. The number of fused-ring (bicyclic) bond motifs is 1. The summed E-state index contributed by atoms with van der Waals surface area (Å²) in [7, 11) is -1.77. The third-order valence-electron chi connectivity index (χ3n) is 9.29. The first kappa shape index (κ1) is 29.8. The van der Waals surface area contributed by atoms with Crippen molar-refractivity contribution in [2.24, 2.45) is 5.73 Å². The molecule has 0 spiro atoms. The van der Waals surface area contributed by atoms with Gasteiger partial charge in [-0.1, -0.05) is 42.0 Å². The SMILES string of the molecule is Cc1ccc(S(=O)(=O)n2cc(-c3ccc(C(N)=O)c(C)c3C)c3cc(-c4ccc(C5CCN(C)CC5)c(C)c4)cnc32)cc1. The maximum absolute atomic E-state index is 14.0. The number of hydrogen-bond acceptors (Lipinski definition) is 5. The molecule has 2 N–H and O–H groups in total. The Morgan fingerprint density at radius 1 is 0.864 bits per heavy atom. The zero-order chi connectivity index (χ0) is 31.3. The lowest BCUT2D eigenvalue weighted by molar-refractivity contribution is 0.0999. The predicted octanol–water partition coefficient (Wildman–Crippen LogP) is 6.75. The normalized spacial score (nSPS) is 14.8. The second kappa shape index (κ2) is 11.3. The molecule has 0 saturated carbocycles. The zero-order valence-corrected chi connectivity index (χ0v) is 26.7. The highest BCUT2D eigenvalue weighted by Crippen LogP contribution is 2.38. The monoisotopic (exact) mass is 606 g/mol. The van der Waals surface area contributed by atoms with Crippen LogP contribution in [-0.4, -0.2) is 48.3 Å². The first-order valence-corrected chi connectivity index (χ1v) is 16.4. The third kappa shape index (κ3) is 5.22. The van der Waals surface area contributed by atoms with Crippen molar-refractivity contribution >= 4 is 27.0 Å². The highest BCUT2D eigenvalue weighted by atomic mass is 32.2. The fraction of sp³-hybridized carbons (Fsp3) is 0.278. The van der Waals surface area contributed by atoms with Crippen LogP contribution in [0.1, 0.15) is 56.9 Å². The number of nitrogens with two attached hydrogens (primary N) is 1. The minimum atomic E-state index is -3.94. The Kier molecular flexibility index (Phi) is 7.68. The molecule has 3 heterocycles. The van der Waals surface area contributed by atoms with Gasteiger partial charge >= 0.3 is 0 Å². The summed E-state index contributed by atoms with van der Waals surface area (Å²) in [5, 5.41) is 0.713. The molecule has 0 aliphatic carbocycles. The van der Waals surface area contributed by atoms with Crippen molar-refractivity contribution < 1.29 is 13.2 Å². The van der Waals surface area contributed by atoms with Gasteiger partial charge in [0.2, 0.25) is 5.91 Å². The Morgan fingerprint density at radius 2 is 1.57 bits per heavy atom. The van der Waals surface area contributed by atoms with E-state index in [1.54, 1.807) is 42.7 Å². The van der Waals surface area contributed by atoms with E-state index < -0.39 is 15.9 Å². The van der Waals surface area contributed by atoms with Crippen molar-refractivity contribution in [2.75, 3.05) is 20.1 Å².